The van der Waals surface area contributed by atoms with Crippen LogP contribution in [0.15, 0.2) is 60.8 Å². The summed E-state index contributed by atoms with van der Waals surface area (Å²) >= 11 is 7.35. The van der Waals surface area contributed by atoms with Gasteiger partial charge in [-0.1, -0.05) is 47.1 Å². The Morgan fingerprint density at radius 3 is 2.59 bits per heavy atom. The van der Waals surface area contributed by atoms with E-state index in [4.69, 9.17) is 11.6 Å². The molecule has 0 aliphatic heterocycles. The monoisotopic (exact) mass is 395 g/mol. The van der Waals surface area contributed by atoms with Crippen LogP contribution in [-0.2, 0) is 0 Å². The molecule has 2 aromatic carbocycles. The molecule has 27 heavy (non-hydrogen) atoms. The van der Waals surface area contributed by atoms with Crippen molar-refractivity contribution in [2.45, 2.75) is 6.92 Å². The van der Waals surface area contributed by atoms with E-state index in [1.807, 2.05) is 61.5 Å². The first-order valence-electron chi connectivity index (χ1n) is 8.12. The maximum Gasteiger partial charge on any atom is 0.279 e. The summed E-state index contributed by atoms with van der Waals surface area (Å²) < 4.78 is 1.56. The van der Waals surface area contributed by atoms with Gasteiger partial charge in [-0.3, -0.25) is 10.1 Å². The van der Waals surface area contributed by atoms with Gasteiger partial charge in [-0.15, -0.1) is 16.4 Å². The molecular weight excluding hydrogens is 382 g/mol. The molecule has 4 aromatic rings. The van der Waals surface area contributed by atoms with Crippen LogP contribution in [-0.4, -0.2) is 25.9 Å². The lowest BCUT2D eigenvalue weighted by molar-refractivity contribution is 0.102. The lowest BCUT2D eigenvalue weighted by atomic mass is 10.1. The molecule has 0 saturated heterocycles. The molecule has 0 unspecified atom stereocenters. The number of para-hydroxylation sites is 1. The highest BCUT2D eigenvalue weighted by molar-refractivity contribution is 7.16. The van der Waals surface area contributed by atoms with Crippen LogP contribution in [0.25, 0.3) is 16.9 Å². The quantitative estimate of drug-likeness (QED) is 0.547. The summed E-state index contributed by atoms with van der Waals surface area (Å²) in [4.78, 5) is 18.0. The summed E-state index contributed by atoms with van der Waals surface area (Å²) in [5, 5.41) is 11.9. The van der Waals surface area contributed by atoms with E-state index in [-0.39, 0.29) is 11.6 Å². The summed E-state index contributed by atoms with van der Waals surface area (Å²) in [6, 6.07) is 16.9. The van der Waals surface area contributed by atoms with E-state index >= 15 is 0 Å². The molecule has 2 heterocycles. The molecule has 2 aromatic heterocycles. The zero-order valence-corrected chi connectivity index (χ0v) is 15.8. The number of nitrogens with one attached hydrogen (secondary N) is 1. The summed E-state index contributed by atoms with van der Waals surface area (Å²) in [5.74, 6) is -0.353. The van der Waals surface area contributed by atoms with Gasteiger partial charge in [0.15, 0.2) is 10.8 Å². The number of hydrogen-bond acceptors (Lipinski definition) is 5. The summed E-state index contributed by atoms with van der Waals surface area (Å²) in [6.07, 6.45) is 1.59. The maximum atomic E-state index is 12.5. The third kappa shape index (κ3) is 3.74. The third-order valence-corrected chi connectivity index (χ3v) is 5.02. The fourth-order valence-electron chi connectivity index (χ4n) is 2.56. The highest BCUT2D eigenvalue weighted by Crippen LogP contribution is 2.31. The first-order valence-corrected chi connectivity index (χ1v) is 9.32. The number of halogens is 1. The number of aromatic nitrogens is 4. The Morgan fingerprint density at radius 1 is 1.11 bits per heavy atom. The van der Waals surface area contributed by atoms with Crippen molar-refractivity contribution in [3.63, 3.8) is 0 Å². The summed E-state index contributed by atoms with van der Waals surface area (Å²) in [6.45, 7) is 1.96. The van der Waals surface area contributed by atoms with Gasteiger partial charge in [0.25, 0.3) is 5.91 Å². The Kier molecular flexibility index (Phi) is 4.70. The van der Waals surface area contributed by atoms with Gasteiger partial charge in [-0.2, -0.15) is 0 Å². The second-order valence-corrected chi connectivity index (χ2v) is 7.41. The van der Waals surface area contributed by atoms with Crippen LogP contribution in [0.5, 0.6) is 0 Å². The number of amides is 1. The largest absolute Gasteiger partial charge is 0.296 e. The Morgan fingerprint density at radius 2 is 1.85 bits per heavy atom. The molecule has 0 aliphatic rings. The number of thiazole rings is 1. The van der Waals surface area contributed by atoms with Gasteiger partial charge < -0.3 is 0 Å². The van der Waals surface area contributed by atoms with Gasteiger partial charge in [0.05, 0.1) is 17.6 Å². The number of aryl methyl sites for hydroxylation is 1. The van der Waals surface area contributed by atoms with E-state index in [0.29, 0.717) is 10.2 Å². The zero-order valence-electron chi connectivity index (χ0n) is 14.3. The standard InChI is InChI=1S/C19H14ClN5OS/c1-12-17(13-7-9-14(20)10-8-13)21-19(27-12)22-18(26)16-11-25(24-23-16)15-5-3-2-4-6-15/h2-11H,1H3,(H,21,22,26). The molecule has 4 rings (SSSR count). The molecule has 1 amide bonds. The van der Waals surface area contributed by atoms with Crippen molar-refractivity contribution in [1.29, 1.82) is 0 Å². The molecule has 0 bridgehead atoms. The second kappa shape index (κ2) is 7.30. The molecule has 0 aliphatic carbocycles. The molecule has 8 heteroatoms. The van der Waals surface area contributed by atoms with Gasteiger partial charge >= 0.3 is 0 Å². The molecule has 134 valence electrons. The van der Waals surface area contributed by atoms with Gasteiger partial charge in [-0.05, 0) is 31.2 Å². The summed E-state index contributed by atoms with van der Waals surface area (Å²) in [7, 11) is 0. The SMILES string of the molecule is Cc1sc(NC(=O)c2cn(-c3ccccc3)nn2)nc1-c1ccc(Cl)cc1. The van der Waals surface area contributed by atoms with Crippen molar-refractivity contribution in [3.05, 3.63) is 76.4 Å². The van der Waals surface area contributed by atoms with Crippen molar-refractivity contribution in [2.75, 3.05) is 5.32 Å². The van der Waals surface area contributed by atoms with Crippen LogP contribution < -0.4 is 5.32 Å². The number of rotatable bonds is 4. The molecule has 0 fully saturated rings. The zero-order chi connectivity index (χ0) is 18.8. The van der Waals surface area contributed by atoms with Crippen molar-refractivity contribution in [3.8, 4) is 16.9 Å². The predicted octanol–water partition coefficient (Wildman–Crippen LogP) is 4.60. The van der Waals surface area contributed by atoms with Crippen LogP contribution in [0.3, 0.4) is 0 Å². The average Bonchev–Trinajstić information content (AvgIpc) is 3.30. The normalized spacial score (nSPS) is 10.7. The fourth-order valence-corrected chi connectivity index (χ4v) is 3.52. The minimum atomic E-state index is -0.353. The van der Waals surface area contributed by atoms with Gasteiger partial charge in [-0.25, -0.2) is 9.67 Å². The summed E-state index contributed by atoms with van der Waals surface area (Å²) in [5.41, 5.74) is 2.82. The minimum absolute atomic E-state index is 0.222. The van der Waals surface area contributed by atoms with E-state index in [1.54, 1.807) is 10.9 Å². The van der Waals surface area contributed by atoms with Crippen LogP contribution in [0.2, 0.25) is 5.02 Å². The molecule has 0 radical (unpaired) electrons. The Balaban J connectivity index is 1.53. The molecule has 0 spiro atoms. The van der Waals surface area contributed by atoms with Gasteiger partial charge in [0.1, 0.15) is 0 Å². The maximum absolute atomic E-state index is 12.5. The molecule has 0 saturated carbocycles. The number of benzene rings is 2. The number of carbonyl (C=O) groups is 1. The van der Waals surface area contributed by atoms with Crippen molar-refractivity contribution in [2.24, 2.45) is 0 Å². The fraction of sp³-hybridized carbons (Fsp3) is 0.0526. The Labute approximate surface area is 164 Å². The number of hydrogen-bond donors (Lipinski definition) is 1. The lowest BCUT2D eigenvalue weighted by Crippen LogP contribution is -2.12. The Bertz CT molecular complexity index is 1090. The van der Waals surface area contributed by atoms with Gasteiger partial charge in [0, 0.05) is 15.5 Å². The van der Waals surface area contributed by atoms with Crippen LogP contribution in [0.4, 0.5) is 5.13 Å². The molecule has 0 atom stereocenters. The van der Waals surface area contributed by atoms with Crippen molar-refractivity contribution >= 4 is 34.0 Å². The van der Waals surface area contributed by atoms with E-state index in [1.165, 1.54) is 11.3 Å². The van der Waals surface area contributed by atoms with Crippen molar-refractivity contribution < 1.29 is 4.79 Å². The van der Waals surface area contributed by atoms with E-state index in [2.05, 4.69) is 20.6 Å². The first kappa shape index (κ1) is 17.4. The van der Waals surface area contributed by atoms with Crippen LogP contribution >= 0.6 is 22.9 Å². The highest BCUT2D eigenvalue weighted by Gasteiger charge is 2.16. The minimum Gasteiger partial charge on any atom is -0.296 e. The first-order chi connectivity index (χ1) is 13.1. The Hall–Kier alpha value is -3.03. The third-order valence-electron chi connectivity index (χ3n) is 3.88. The van der Waals surface area contributed by atoms with E-state index < -0.39 is 0 Å². The second-order valence-electron chi connectivity index (χ2n) is 5.77. The van der Waals surface area contributed by atoms with E-state index in [9.17, 15) is 4.79 Å². The van der Waals surface area contributed by atoms with Crippen LogP contribution in [0.1, 0.15) is 15.4 Å². The predicted molar refractivity (Wildman–Crippen MR) is 107 cm³/mol. The number of anilines is 1. The highest BCUT2D eigenvalue weighted by atomic mass is 35.5. The lowest BCUT2D eigenvalue weighted by Gasteiger charge is -1.99. The molecule has 1 N–H and O–H groups in total. The van der Waals surface area contributed by atoms with Gasteiger partial charge in [0.2, 0.25) is 0 Å². The average molecular weight is 396 g/mol. The van der Waals surface area contributed by atoms with E-state index in [0.717, 1.165) is 21.8 Å². The smallest absolute Gasteiger partial charge is 0.279 e. The molecular formula is C19H14ClN5OS. The van der Waals surface area contributed by atoms with Crippen LogP contribution in [0, 0.1) is 6.92 Å². The number of carbonyl (C=O) groups excluding carboxylic acids is 1. The molecule has 6 nitrogen and oxygen atoms in total. The topological polar surface area (TPSA) is 72.7 Å². The number of nitrogens with zero attached hydrogens (tertiary/aromatic N) is 4. The van der Waals surface area contributed by atoms with Crippen molar-refractivity contribution in [1.82, 2.24) is 20.0 Å².